The van der Waals surface area contributed by atoms with Gasteiger partial charge in [0.1, 0.15) is 5.75 Å². The van der Waals surface area contributed by atoms with E-state index in [1.165, 1.54) is 11.3 Å². The monoisotopic (exact) mass is 462 g/mol. The van der Waals surface area contributed by atoms with Gasteiger partial charge in [0.25, 0.3) is 5.91 Å². The lowest BCUT2D eigenvalue weighted by molar-refractivity contribution is 0.102. The van der Waals surface area contributed by atoms with Crippen molar-refractivity contribution in [2.45, 2.75) is 6.92 Å². The Labute approximate surface area is 175 Å². The Hall–Kier alpha value is -2.58. The number of carbonyl (C=O) groups excluding carboxylic acids is 1. The van der Waals surface area contributed by atoms with Gasteiger partial charge in [-0.1, -0.05) is 0 Å². The van der Waals surface area contributed by atoms with E-state index in [4.69, 9.17) is 14.2 Å². The summed E-state index contributed by atoms with van der Waals surface area (Å²) in [5.41, 5.74) is 2.18. The molecule has 3 aromatic rings. The van der Waals surface area contributed by atoms with Gasteiger partial charge >= 0.3 is 0 Å². The smallest absolute Gasteiger partial charge is 0.257 e. The third-order valence-electron chi connectivity index (χ3n) is 4.09. The molecule has 8 heteroatoms. The third-order valence-corrected chi connectivity index (χ3v) is 5.59. The van der Waals surface area contributed by atoms with Crippen molar-refractivity contribution in [3.63, 3.8) is 0 Å². The molecule has 3 rings (SSSR count). The minimum atomic E-state index is -0.240. The van der Waals surface area contributed by atoms with Gasteiger partial charge in [-0.2, -0.15) is 0 Å². The quantitative estimate of drug-likeness (QED) is 0.547. The first-order chi connectivity index (χ1) is 13.5. The molecule has 0 aliphatic carbocycles. The van der Waals surface area contributed by atoms with E-state index in [0.29, 0.717) is 32.4 Å². The lowest BCUT2D eigenvalue weighted by Gasteiger charge is -2.08. The summed E-state index contributed by atoms with van der Waals surface area (Å²) in [4.78, 5) is 18.1. The zero-order valence-electron chi connectivity index (χ0n) is 15.8. The van der Waals surface area contributed by atoms with Crippen LogP contribution in [0.15, 0.2) is 40.9 Å². The van der Waals surface area contributed by atoms with Crippen LogP contribution in [0.2, 0.25) is 0 Å². The highest BCUT2D eigenvalue weighted by Crippen LogP contribution is 2.36. The zero-order valence-corrected chi connectivity index (χ0v) is 18.2. The minimum absolute atomic E-state index is 0.240. The molecule has 146 valence electrons. The Bertz CT molecular complexity index is 1020. The molecule has 1 heterocycles. The SMILES string of the molecule is COc1ccc(C(=O)Nc2nc(-c3ccc(OC)c(OC)c3)c(C)s2)cc1Br. The highest BCUT2D eigenvalue weighted by atomic mass is 79.9. The van der Waals surface area contributed by atoms with Crippen molar-refractivity contribution in [2.24, 2.45) is 0 Å². The molecule has 0 aliphatic rings. The van der Waals surface area contributed by atoms with Crippen molar-refractivity contribution in [2.75, 3.05) is 26.6 Å². The molecule has 0 fully saturated rings. The molecule has 0 unspecified atom stereocenters. The molecule has 2 aromatic carbocycles. The van der Waals surface area contributed by atoms with E-state index in [1.807, 2.05) is 25.1 Å². The predicted octanol–water partition coefficient (Wildman–Crippen LogP) is 5.16. The van der Waals surface area contributed by atoms with E-state index in [-0.39, 0.29) is 5.91 Å². The summed E-state index contributed by atoms with van der Waals surface area (Å²) in [5.74, 6) is 1.70. The van der Waals surface area contributed by atoms with Crippen LogP contribution in [0.3, 0.4) is 0 Å². The van der Waals surface area contributed by atoms with Gasteiger partial charge in [-0.25, -0.2) is 4.98 Å². The Kier molecular flexibility index (Phi) is 6.21. The van der Waals surface area contributed by atoms with Crippen LogP contribution in [0.5, 0.6) is 17.2 Å². The van der Waals surface area contributed by atoms with Crippen molar-refractivity contribution in [3.05, 3.63) is 51.3 Å². The minimum Gasteiger partial charge on any atom is -0.496 e. The maximum Gasteiger partial charge on any atom is 0.257 e. The number of aryl methyl sites for hydroxylation is 1. The summed E-state index contributed by atoms with van der Waals surface area (Å²) < 4.78 is 16.5. The average molecular weight is 463 g/mol. The number of carbonyl (C=O) groups is 1. The largest absolute Gasteiger partial charge is 0.496 e. The molecule has 0 bridgehead atoms. The number of ether oxygens (including phenoxy) is 3. The summed E-state index contributed by atoms with van der Waals surface area (Å²) >= 11 is 4.81. The van der Waals surface area contributed by atoms with Crippen molar-refractivity contribution >= 4 is 38.3 Å². The summed E-state index contributed by atoms with van der Waals surface area (Å²) in [7, 11) is 4.76. The first-order valence-corrected chi connectivity index (χ1v) is 9.92. The molecule has 0 saturated carbocycles. The highest BCUT2D eigenvalue weighted by Gasteiger charge is 2.16. The van der Waals surface area contributed by atoms with Crippen molar-refractivity contribution in [1.29, 1.82) is 0 Å². The van der Waals surface area contributed by atoms with Crippen LogP contribution >= 0.6 is 27.3 Å². The molecule has 0 aliphatic heterocycles. The standard InChI is InChI=1S/C20H19BrN2O4S/c1-11-18(12-5-8-16(26-3)17(10-12)27-4)22-20(28-11)23-19(24)13-6-7-15(25-2)14(21)9-13/h5-10H,1-4H3,(H,22,23,24). The summed E-state index contributed by atoms with van der Waals surface area (Å²) in [6.45, 7) is 1.96. The topological polar surface area (TPSA) is 69.7 Å². The second-order valence-electron chi connectivity index (χ2n) is 5.80. The Balaban J connectivity index is 1.84. The number of methoxy groups -OCH3 is 3. The van der Waals surface area contributed by atoms with Crippen LogP contribution in [-0.4, -0.2) is 32.2 Å². The molecule has 1 N–H and O–H groups in total. The fourth-order valence-corrected chi connectivity index (χ4v) is 4.05. The summed E-state index contributed by atoms with van der Waals surface area (Å²) in [5, 5.41) is 3.38. The molecule has 28 heavy (non-hydrogen) atoms. The summed E-state index contributed by atoms with van der Waals surface area (Å²) in [6, 6.07) is 10.8. The Morgan fingerprint density at radius 3 is 2.32 bits per heavy atom. The van der Waals surface area contributed by atoms with Gasteiger partial charge in [-0.3, -0.25) is 10.1 Å². The molecule has 0 saturated heterocycles. The van der Waals surface area contributed by atoms with E-state index >= 15 is 0 Å². The lowest BCUT2D eigenvalue weighted by atomic mass is 10.1. The van der Waals surface area contributed by atoms with Gasteiger partial charge in [0.15, 0.2) is 16.6 Å². The molecular formula is C20H19BrN2O4S. The van der Waals surface area contributed by atoms with Crippen LogP contribution < -0.4 is 19.5 Å². The fraction of sp³-hybridized carbons (Fsp3) is 0.200. The normalized spacial score (nSPS) is 10.5. The van der Waals surface area contributed by atoms with E-state index in [0.717, 1.165) is 16.1 Å². The second-order valence-corrected chi connectivity index (χ2v) is 7.85. The van der Waals surface area contributed by atoms with Gasteiger partial charge in [0.2, 0.25) is 0 Å². The number of halogens is 1. The van der Waals surface area contributed by atoms with Crippen molar-refractivity contribution in [1.82, 2.24) is 4.98 Å². The molecule has 0 spiro atoms. The molecule has 1 aromatic heterocycles. The average Bonchev–Trinajstić information content (AvgIpc) is 3.07. The van der Waals surface area contributed by atoms with Crippen LogP contribution in [0.25, 0.3) is 11.3 Å². The first-order valence-electron chi connectivity index (χ1n) is 8.31. The van der Waals surface area contributed by atoms with Crippen molar-refractivity contribution < 1.29 is 19.0 Å². The number of nitrogens with zero attached hydrogens (tertiary/aromatic N) is 1. The lowest BCUT2D eigenvalue weighted by Crippen LogP contribution is -2.11. The van der Waals surface area contributed by atoms with E-state index in [2.05, 4.69) is 26.2 Å². The number of anilines is 1. The van der Waals surface area contributed by atoms with E-state index in [1.54, 1.807) is 39.5 Å². The van der Waals surface area contributed by atoms with Crippen LogP contribution in [-0.2, 0) is 0 Å². The van der Waals surface area contributed by atoms with Gasteiger partial charge in [-0.15, -0.1) is 11.3 Å². The van der Waals surface area contributed by atoms with Crippen LogP contribution in [0.1, 0.15) is 15.2 Å². The number of hydrogen-bond acceptors (Lipinski definition) is 6. The molecule has 0 radical (unpaired) electrons. The van der Waals surface area contributed by atoms with E-state index in [9.17, 15) is 4.79 Å². The number of rotatable bonds is 6. The van der Waals surface area contributed by atoms with E-state index < -0.39 is 0 Å². The summed E-state index contributed by atoms with van der Waals surface area (Å²) in [6.07, 6.45) is 0. The maximum atomic E-state index is 12.6. The molecule has 0 atom stereocenters. The highest BCUT2D eigenvalue weighted by molar-refractivity contribution is 9.10. The zero-order chi connectivity index (χ0) is 20.3. The second kappa shape index (κ2) is 8.62. The molecule has 6 nitrogen and oxygen atoms in total. The maximum absolute atomic E-state index is 12.6. The first kappa shape index (κ1) is 20.2. The van der Waals surface area contributed by atoms with Crippen LogP contribution in [0, 0.1) is 6.92 Å². The Morgan fingerprint density at radius 1 is 1.00 bits per heavy atom. The number of nitrogens with one attached hydrogen (secondary N) is 1. The predicted molar refractivity (Wildman–Crippen MR) is 114 cm³/mol. The number of aromatic nitrogens is 1. The van der Waals surface area contributed by atoms with Crippen molar-refractivity contribution in [3.8, 4) is 28.5 Å². The van der Waals surface area contributed by atoms with Crippen LogP contribution in [0.4, 0.5) is 5.13 Å². The van der Waals surface area contributed by atoms with Gasteiger partial charge < -0.3 is 14.2 Å². The fourth-order valence-electron chi connectivity index (χ4n) is 2.68. The molecular weight excluding hydrogens is 444 g/mol. The Morgan fingerprint density at radius 2 is 1.68 bits per heavy atom. The van der Waals surface area contributed by atoms with Gasteiger partial charge in [0.05, 0.1) is 31.5 Å². The number of hydrogen-bond donors (Lipinski definition) is 1. The number of thiazole rings is 1. The molecule has 1 amide bonds. The van der Waals surface area contributed by atoms with Gasteiger partial charge in [-0.05, 0) is 59.3 Å². The van der Waals surface area contributed by atoms with Gasteiger partial charge in [0, 0.05) is 16.0 Å². The third kappa shape index (κ3) is 4.13. The number of amides is 1. The number of benzene rings is 2.